The van der Waals surface area contributed by atoms with Crippen LogP contribution >= 0.6 is 0 Å². The van der Waals surface area contributed by atoms with E-state index in [1.807, 2.05) is 5.32 Å². The van der Waals surface area contributed by atoms with Crippen molar-refractivity contribution in [3.63, 3.8) is 0 Å². The molecule has 16 atom stereocenters. The molecule has 0 aromatic rings. The predicted molar refractivity (Wildman–Crippen MR) is 132 cm³/mol. The number of aliphatic carboxylic acids is 1. The van der Waals surface area contributed by atoms with E-state index in [4.69, 9.17) is 24.1 Å². The SMILES string of the molecule is O=C(CO)N[C@H]1[C@H]([C@H](O)[C@H](O)CO)OC(C(=O)O)([C@@]2(O)[C@@H](O)[C@H](O[C@H]3[C@H](O)[C@@H](O)C(O)O[C@@H]3CO)O[C@H](CO)[C@@H]2O)C[C@@H]1O. The van der Waals surface area contributed by atoms with Crippen LogP contribution in [-0.2, 0) is 28.5 Å². The van der Waals surface area contributed by atoms with Crippen molar-refractivity contribution in [3.05, 3.63) is 0 Å². The highest BCUT2D eigenvalue weighted by Crippen LogP contribution is 2.47. The van der Waals surface area contributed by atoms with Crippen LogP contribution in [0.25, 0.3) is 0 Å². The molecular weight excluding hydrogens is 610 g/mol. The van der Waals surface area contributed by atoms with E-state index in [1.165, 1.54) is 0 Å². The van der Waals surface area contributed by atoms with Gasteiger partial charge in [0, 0.05) is 6.42 Å². The van der Waals surface area contributed by atoms with Crippen molar-refractivity contribution >= 4 is 11.9 Å². The first-order chi connectivity index (χ1) is 20.6. The average molecular weight is 650 g/mol. The maximum Gasteiger partial charge on any atom is 0.339 e. The van der Waals surface area contributed by atoms with Crippen molar-refractivity contribution in [2.24, 2.45) is 0 Å². The van der Waals surface area contributed by atoms with Crippen LogP contribution in [0.3, 0.4) is 0 Å². The van der Waals surface area contributed by atoms with Gasteiger partial charge in [0.1, 0.15) is 67.6 Å². The molecule has 3 fully saturated rings. The summed E-state index contributed by atoms with van der Waals surface area (Å²) in [7, 11) is 0. The molecule has 21 heteroatoms. The third-order valence-corrected chi connectivity index (χ3v) is 8.12. The normalized spacial score (nSPS) is 46.2. The van der Waals surface area contributed by atoms with Crippen LogP contribution in [0.1, 0.15) is 6.42 Å². The molecule has 3 aliphatic rings. The Morgan fingerprint density at radius 1 is 0.909 bits per heavy atom. The molecule has 0 radical (unpaired) electrons. The van der Waals surface area contributed by atoms with Gasteiger partial charge in [-0.1, -0.05) is 0 Å². The van der Waals surface area contributed by atoms with E-state index in [1.54, 1.807) is 0 Å². The first-order valence-electron chi connectivity index (χ1n) is 13.3. The molecule has 0 aromatic heterocycles. The number of amides is 1. The lowest BCUT2D eigenvalue weighted by molar-refractivity contribution is -0.398. The molecule has 2 unspecified atom stereocenters. The predicted octanol–water partition coefficient (Wildman–Crippen LogP) is -9.86. The second kappa shape index (κ2) is 14.4. The van der Waals surface area contributed by atoms with E-state index in [-0.39, 0.29) is 0 Å². The van der Waals surface area contributed by atoms with Gasteiger partial charge in [0.2, 0.25) is 11.5 Å². The molecule has 21 nitrogen and oxygen atoms in total. The summed E-state index contributed by atoms with van der Waals surface area (Å²) < 4.78 is 21.2. The van der Waals surface area contributed by atoms with Crippen LogP contribution in [0.5, 0.6) is 0 Å². The van der Waals surface area contributed by atoms with Gasteiger partial charge in [-0.3, -0.25) is 4.79 Å². The number of aliphatic hydroxyl groups excluding tert-OH is 12. The molecule has 0 saturated carbocycles. The lowest BCUT2D eigenvalue weighted by Crippen LogP contribution is -2.82. The van der Waals surface area contributed by atoms with Crippen molar-refractivity contribution in [1.82, 2.24) is 5.32 Å². The fraction of sp³-hybridized carbons (Fsp3) is 0.913. The summed E-state index contributed by atoms with van der Waals surface area (Å²) in [6.07, 6.45) is -29.5. The van der Waals surface area contributed by atoms with Crippen molar-refractivity contribution in [2.75, 3.05) is 26.4 Å². The van der Waals surface area contributed by atoms with Gasteiger partial charge < -0.3 is 95.8 Å². The lowest BCUT2D eigenvalue weighted by atomic mass is 9.66. The van der Waals surface area contributed by atoms with Crippen molar-refractivity contribution in [1.29, 1.82) is 0 Å². The Balaban J connectivity index is 2.11. The zero-order valence-electron chi connectivity index (χ0n) is 22.8. The van der Waals surface area contributed by atoms with Crippen molar-refractivity contribution in [2.45, 2.75) is 103 Å². The molecule has 15 N–H and O–H groups in total. The highest BCUT2D eigenvalue weighted by molar-refractivity contribution is 5.81. The second-order valence-electron chi connectivity index (χ2n) is 10.7. The minimum atomic E-state index is -3.60. The van der Waals surface area contributed by atoms with Crippen LogP contribution < -0.4 is 5.32 Å². The Morgan fingerprint density at radius 3 is 2.05 bits per heavy atom. The zero-order chi connectivity index (χ0) is 33.3. The third-order valence-electron chi connectivity index (χ3n) is 8.12. The quantitative estimate of drug-likeness (QED) is 0.0987. The largest absolute Gasteiger partial charge is 0.479 e. The number of carbonyl (C=O) groups is 2. The molecular formula is C23H39NO20. The third kappa shape index (κ3) is 6.30. The Morgan fingerprint density at radius 2 is 1.52 bits per heavy atom. The molecule has 256 valence electrons. The molecule has 0 bridgehead atoms. The number of hydrogen-bond donors (Lipinski definition) is 15. The van der Waals surface area contributed by atoms with Crippen molar-refractivity contribution < 1.29 is 100 Å². The summed E-state index contributed by atoms with van der Waals surface area (Å²) >= 11 is 0. The van der Waals surface area contributed by atoms with Gasteiger partial charge in [-0.15, -0.1) is 0 Å². The van der Waals surface area contributed by atoms with Gasteiger partial charge in [-0.05, 0) is 0 Å². The van der Waals surface area contributed by atoms with Crippen molar-refractivity contribution in [3.8, 4) is 0 Å². The van der Waals surface area contributed by atoms with E-state index < -0.39 is 142 Å². The summed E-state index contributed by atoms with van der Waals surface area (Å²) in [6.45, 7) is -4.49. The van der Waals surface area contributed by atoms with Gasteiger partial charge in [0.05, 0.1) is 32.0 Å². The fourth-order valence-corrected chi connectivity index (χ4v) is 5.68. The zero-order valence-corrected chi connectivity index (χ0v) is 22.8. The maximum absolute atomic E-state index is 12.9. The molecule has 3 heterocycles. The first-order valence-corrected chi connectivity index (χ1v) is 13.3. The van der Waals surface area contributed by atoms with Gasteiger partial charge in [0.15, 0.2) is 18.2 Å². The summed E-state index contributed by atoms with van der Waals surface area (Å²) in [5.74, 6) is -3.39. The van der Waals surface area contributed by atoms with E-state index in [0.717, 1.165) is 0 Å². The Bertz CT molecular complexity index is 989. The Labute approximate surface area is 247 Å². The molecule has 44 heavy (non-hydrogen) atoms. The molecule has 1 amide bonds. The van der Waals surface area contributed by atoms with Gasteiger partial charge >= 0.3 is 5.97 Å². The molecule has 3 aliphatic heterocycles. The molecule has 3 rings (SSSR count). The smallest absolute Gasteiger partial charge is 0.339 e. The van der Waals surface area contributed by atoms with Gasteiger partial charge in [0.25, 0.3) is 0 Å². The summed E-state index contributed by atoms with van der Waals surface area (Å²) in [5, 5.41) is 147. The van der Waals surface area contributed by atoms with Gasteiger partial charge in [-0.2, -0.15) is 0 Å². The van der Waals surface area contributed by atoms with Crippen LogP contribution in [0, 0.1) is 0 Å². The van der Waals surface area contributed by atoms with E-state index in [2.05, 4.69) is 0 Å². The Kier molecular flexibility index (Phi) is 12.0. The molecule has 0 aromatic carbocycles. The van der Waals surface area contributed by atoms with Crippen LogP contribution in [0.15, 0.2) is 0 Å². The summed E-state index contributed by atoms with van der Waals surface area (Å²) in [6, 6.07) is -1.83. The monoisotopic (exact) mass is 649 g/mol. The number of hydrogen-bond acceptors (Lipinski definition) is 19. The molecule has 0 spiro atoms. The number of ether oxygens (including phenoxy) is 4. The molecule has 3 saturated heterocycles. The summed E-state index contributed by atoms with van der Waals surface area (Å²) in [4.78, 5) is 24.8. The lowest BCUT2D eigenvalue weighted by Gasteiger charge is -2.58. The van der Waals surface area contributed by atoms with Crippen LogP contribution in [-0.4, -0.2) is 207 Å². The minimum absolute atomic E-state index is 0.966. The van der Waals surface area contributed by atoms with E-state index in [0.29, 0.717) is 0 Å². The number of carbonyl (C=O) groups excluding carboxylic acids is 1. The van der Waals surface area contributed by atoms with Gasteiger partial charge in [-0.25, -0.2) is 4.79 Å². The Hall–Kier alpha value is -1.74. The first kappa shape index (κ1) is 36.7. The van der Waals surface area contributed by atoms with Crippen LogP contribution in [0.4, 0.5) is 0 Å². The number of aliphatic hydroxyl groups is 13. The highest BCUT2D eigenvalue weighted by Gasteiger charge is 2.73. The highest BCUT2D eigenvalue weighted by atomic mass is 16.7. The molecule has 0 aliphatic carbocycles. The minimum Gasteiger partial charge on any atom is -0.479 e. The maximum atomic E-state index is 12.9. The number of nitrogens with one attached hydrogen (secondary N) is 1. The second-order valence-corrected chi connectivity index (χ2v) is 10.7. The number of rotatable bonds is 11. The topological polar surface area (TPSA) is 366 Å². The average Bonchev–Trinajstić information content (AvgIpc) is 3.00. The summed E-state index contributed by atoms with van der Waals surface area (Å²) in [5.41, 5.74) is -7.02. The fourth-order valence-electron chi connectivity index (χ4n) is 5.68. The number of carboxylic acid groups (broad SMARTS) is 1. The van der Waals surface area contributed by atoms with E-state index >= 15 is 0 Å². The van der Waals surface area contributed by atoms with E-state index in [9.17, 15) is 76.0 Å². The number of carboxylic acids is 1. The standard InChI is InChI=1S/C23H39NO20/c25-2-7(30)12(32)16-11(24-10(31)5-28)6(29)1-22(44-16,21(38)39)23(40)17(35)9(4-27)42-20(18(23)36)43-15-8(3-26)41-19(37)14(34)13(15)33/h6-9,11-20,25-30,32-37,40H,1-5H2,(H,24,31)(H,38,39)/t6-,7+,8+,9+,11+,12+,13+,14+,15+,16+,17-,18-,19?,20-,22?,23-/m0/s1. The van der Waals surface area contributed by atoms with Crippen LogP contribution in [0.2, 0.25) is 0 Å².